The van der Waals surface area contributed by atoms with Crippen LogP contribution in [0, 0.1) is 0 Å². The smallest absolute Gasteiger partial charge is 0.175 e. The van der Waals surface area contributed by atoms with E-state index in [0.29, 0.717) is 17.0 Å². The van der Waals surface area contributed by atoms with E-state index in [2.05, 4.69) is 0 Å². The highest BCUT2D eigenvalue weighted by atomic mass is 35.5. The van der Waals surface area contributed by atoms with Gasteiger partial charge in [0.25, 0.3) is 0 Å². The molecule has 0 atom stereocenters. The Hall–Kier alpha value is -1.66. The molecular formula is C18H19ClO4S. The highest BCUT2D eigenvalue weighted by Crippen LogP contribution is 2.30. The Morgan fingerprint density at radius 2 is 1.46 bits per heavy atom. The highest BCUT2D eigenvalue weighted by Gasteiger charge is 2.13. The molecule has 128 valence electrons. The molecule has 2 rings (SSSR count). The van der Waals surface area contributed by atoms with Crippen LogP contribution < -0.4 is 0 Å². The number of benzene rings is 2. The quantitative estimate of drug-likeness (QED) is 0.824. The van der Waals surface area contributed by atoms with Crippen molar-refractivity contribution in [1.29, 1.82) is 0 Å². The summed E-state index contributed by atoms with van der Waals surface area (Å²) in [7, 11) is -3.27. The van der Waals surface area contributed by atoms with Gasteiger partial charge in [0.2, 0.25) is 0 Å². The van der Waals surface area contributed by atoms with E-state index in [0.717, 1.165) is 23.0 Å². The monoisotopic (exact) mass is 366 g/mol. The van der Waals surface area contributed by atoms with E-state index in [1.165, 1.54) is 12.1 Å². The van der Waals surface area contributed by atoms with E-state index in [-0.39, 0.29) is 18.1 Å². The molecule has 0 fully saturated rings. The van der Waals surface area contributed by atoms with E-state index in [9.17, 15) is 18.6 Å². The molecule has 0 saturated carbocycles. The van der Waals surface area contributed by atoms with Gasteiger partial charge in [-0.15, -0.1) is 0 Å². The van der Waals surface area contributed by atoms with Crippen molar-refractivity contribution in [2.45, 2.75) is 11.3 Å². The lowest BCUT2D eigenvalue weighted by Crippen LogP contribution is -2.02. The summed E-state index contributed by atoms with van der Waals surface area (Å²) in [4.78, 5) is 0.231. The number of aliphatic hydroxyl groups excluding tert-OH is 2. The van der Waals surface area contributed by atoms with E-state index in [1.807, 2.05) is 12.1 Å². The second kappa shape index (κ2) is 7.94. The molecule has 2 N–H and O–H groups in total. The van der Waals surface area contributed by atoms with Gasteiger partial charge in [0.15, 0.2) is 9.84 Å². The van der Waals surface area contributed by atoms with E-state index in [1.54, 1.807) is 24.3 Å². The number of halogens is 1. The van der Waals surface area contributed by atoms with Gasteiger partial charge >= 0.3 is 0 Å². The zero-order valence-electron chi connectivity index (χ0n) is 13.2. The van der Waals surface area contributed by atoms with Crippen LogP contribution in [-0.2, 0) is 9.84 Å². The molecule has 0 aliphatic rings. The van der Waals surface area contributed by atoms with Crippen LogP contribution in [0.25, 0.3) is 5.57 Å². The third-order valence-electron chi connectivity index (χ3n) is 3.66. The van der Waals surface area contributed by atoms with Crippen molar-refractivity contribution in [1.82, 2.24) is 0 Å². The fourth-order valence-corrected chi connectivity index (χ4v) is 3.23. The Bertz CT molecular complexity index is 822. The average molecular weight is 367 g/mol. The molecule has 4 nitrogen and oxygen atoms in total. The SMILES string of the molecule is CS(=O)(=O)c1ccc(/C(=C(\CO)CCO)c2ccc(Cl)cc2)cc1. The first kappa shape index (κ1) is 18.7. The van der Waals surface area contributed by atoms with Gasteiger partial charge < -0.3 is 10.2 Å². The summed E-state index contributed by atoms with van der Waals surface area (Å²) < 4.78 is 23.2. The molecule has 2 aromatic rings. The van der Waals surface area contributed by atoms with Gasteiger partial charge in [-0.2, -0.15) is 0 Å². The van der Waals surface area contributed by atoms with E-state index in [4.69, 9.17) is 11.6 Å². The Morgan fingerprint density at radius 1 is 0.958 bits per heavy atom. The van der Waals surface area contributed by atoms with Crippen molar-refractivity contribution in [3.8, 4) is 0 Å². The molecule has 0 aliphatic carbocycles. The van der Waals surface area contributed by atoms with Crippen LogP contribution in [0.2, 0.25) is 5.02 Å². The molecule has 0 aliphatic heterocycles. The highest BCUT2D eigenvalue weighted by molar-refractivity contribution is 7.90. The lowest BCUT2D eigenvalue weighted by Gasteiger charge is -2.15. The number of sulfone groups is 1. The van der Waals surface area contributed by atoms with Gasteiger partial charge in [-0.3, -0.25) is 0 Å². The lowest BCUT2D eigenvalue weighted by atomic mass is 9.92. The Balaban J connectivity index is 2.60. The second-order valence-electron chi connectivity index (χ2n) is 5.41. The minimum Gasteiger partial charge on any atom is -0.396 e. The maximum Gasteiger partial charge on any atom is 0.175 e. The molecule has 2 aromatic carbocycles. The molecule has 0 saturated heterocycles. The minimum atomic E-state index is -3.27. The van der Waals surface area contributed by atoms with Crippen LogP contribution in [0.1, 0.15) is 17.5 Å². The van der Waals surface area contributed by atoms with Crippen LogP contribution >= 0.6 is 11.6 Å². The molecule has 6 heteroatoms. The number of aliphatic hydroxyl groups is 2. The van der Waals surface area contributed by atoms with Crippen molar-refractivity contribution in [3.63, 3.8) is 0 Å². The zero-order chi connectivity index (χ0) is 17.7. The molecule has 0 radical (unpaired) electrons. The molecule has 24 heavy (non-hydrogen) atoms. The normalized spacial score (nSPS) is 12.8. The molecule has 0 aromatic heterocycles. The van der Waals surface area contributed by atoms with Gasteiger partial charge in [-0.25, -0.2) is 8.42 Å². The number of rotatable bonds is 6. The lowest BCUT2D eigenvalue weighted by molar-refractivity contribution is 0.279. The summed E-state index contributed by atoms with van der Waals surface area (Å²) in [6.45, 7) is -0.291. The van der Waals surface area contributed by atoms with E-state index < -0.39 is 9.84 Å². The largest absolute Gasteiger partial charge is 0.396 e. The summed E-state index contributed by atoms with van der Waals surface area (Å²) in [5.41, 5.74) is 3.04. The van der Waals surface area contributed by atoms with Crippen molar-refractivity contribution < 1.29 is 18.6 Å². The van der Waals surface area contributed by atoms with E-state index >= 15 is 0 Å². The molecule has 0 amide bonds. The summed E-state index contributed by atoms with van der Waals surface area (Å²) in [6.07, 6.45) is 1.48. The van der Waals surface area contributed by atoms with Gasteiger partial charge in [-0.05, 0) is 53.0 Å². The first-order valence-electron chi connectivity index (χ1n) is 7.37. The van der Waals surface area contributed by atoms with Gasteiger partial charge in [0.05, 0.1) is 11.5 Å². The maximum absolute atomic E-state index is 11.6. The Morgan fingerprint density at radius 3 is 1.88 bits per heavy atom. The van der Waals surface area contributed by atoms with Crippen LogP contribution in [-0.4, -0.2) is 38.1 Å². The first-order valence-corrected chi connectivity index (χ1v) is 9.64. The average Bonchev–Trinajstić information content (AvgIpc) is 2.55. The van der Waals surface area contributed by atoms with Gasteiger partial charge in [-0.1, -0.05) is 35.9 Å². The molecule has 0 spiro atoms. The summed E-state index contributed by atoms with van der Waals surface area (Å²) in [5, 5.41) is 19.6. The van der Waals surface area contributed by atoms with Crippen LogP contribution in [0.5, 0.6) is 0 Å². The summed E-state index contributed by atoms with van der Waals surface area (Å²) in [5.74, 6) is 0. The molecule has 0 bridgehead atoms. The minimum absolute atomic E-state index is 0.0889. The fourth-order valence-electron chi connectivity index (χ4n) is 2.48. The third-order valence-corrected chi connectivity index (χ3v) is 5.04. The predicted molar refractivity (Wildman–Crippen MR) is 95.8 cm³/mol. The van der Waals surface area contributed by atoms with Crippen LogP contribution in [0.3, 0.4) is 0 Å². The van der Waals surface area contributed by atoms with Crippen LogP contribution in [0.4, 0.5) is 0 Å². The van der Waals surface area contributed by atoms with Gasteiger partial charge in [0, 0.05) is 17.9 Å². The maximum atomic E-state index is 11.6. The summed E-state index contributed by atoms with van der Waals surface area (Å²) >= 11 is 5.94. The standard InChI is InChI=1S/C18H19ClO4S/c1-24(22,23)17-8-4-14(5-9-17)18(15(12-21)10-11-20)13-2-6-16(19)7-3-13/h2-9,20-21H,10-12H2,1H3/b18-15-. The number of hydrogen-bond donors (Lipinski definition) is 2. The van der Waals surface area contributed by atoms with Crippen molar-refractivity contribution >= 4 is 27.0 Å². The molecular weight excluding hydrogens is 348 g/mol. The van der Waals surface area contributed by atoms with Crippen molar-refractivity contribution in [3.05, 3.63) is 70.3 Å². The first-order chi connectivity index (χ1) is 11.4. The van der Waals surface area contributed by atoms with Crippen molar-refractivity contribution in [2.75, 3.05) is 19.5 Å². The third kappa shape index (κ3) is 4.45. The topological polar surface area (TPSA) is 74.6 Å². The van der Waals surface area contributed by atoms with Crippen LogP contribution in [0.15, 0.2) is 59.0 Å². The van der Waals surface area contributed by atoms with Gasteiger partial charge in [0.1, 0.15) is 0 Å². The Labute approximate surface area is 147 Å². The fraction of sp³-hybridized carbons (Fsp3) is 0.222. The number of hydrogen-bond acceptors (Lipinski definition) is 4. The zero-order valence-corrected chi connectivity index (χ0v) is 14.8. The Kier molecular flexibility index (Phi) is 6.18. The second-order valence-corrected chi connectivity index (χ2v) is 7.87. The summed E-state index contributed by atoms with van der Waals surface area (Å²) in [6, 6.07) is 13.6. The molecule has 0 unspecified atom stereocenters. The molecule has 0 heterocycles. The predicted octanol–water partition coefficient (Wildman–Crippen LogP) is 2.92. The van der Waals surface area contributed by atoms with Crippen molar-refractivity contribution in [2.24, 2.45) is 0 Å².